The van der Waals surface area contributed by atoms with Crippen LogP contribution in [0.15, 0.2) is 12.2 Å². The largest absolute Gasteiger partial charge is 0.481 e. The smallest absolute Gasteiger partial charge is 0.307 e. The molecule has 4 nitrogen and oxygen atoms in total. The topological polar surface area (TPSA) is 55.8 Å². The lowest BCUT2D eigenvalue weighted by molar-refractivity contribution is -0.136. The molecule has 0 bridgehead atoms. The number of ether oxygens (including phenoxy) is 2. The summed E-state index contributed by atoms with van der Waals surface area (Å²) in [4.78, 5) is 10.3. The fourth-order valence-electron chi connectivity index (χ4n) is 2.09. The second-order valence-electron chi connectivity index (χ2n) is 5.02. The Morgan fingerprint density at radius 1 is 0.950 bits per heavy atom. The Balaban J connectivity index is 3.17. The highest BCUT2D eigenvalue weighted by Crippen LogP contribution is 2.12. The van der Waals surface area contributed by atoms with Crippen LogP contribution in [0.5, 0.6) is 0 Å². The number of carbonyl (C=O) groups is 1. The van der Waals surface area contributed by atoms with E-state index in [2.05, 4.69) is 0 Å². The third-order valence-corrected chi connectivity index (χ3v) is 3.30. The molecule has 0 radical (unpaired) electrons. The summed E-state index contributed by atoms with van der Waals surface area (Å²) in [5, 5.41) is 8.46. The Bertz CT molecular complexity index is 247. The van der Waals surface area contributed by atoms with Crippen LogP contribution in [0.25, 0.3) is 0 Å². The molecule has 4 heteroatoms. The molecular weight excluding hydrogens is 256 g/mol. The van der Waals surface area contributed by atoms with Crippen LogP contribution >= 0.6 is 0 Å². The fraction of sp³-hybridized carbons (Fsp3) is 0.812. The van der Waals surface area contributed by atoms with Crippen molar-refractivity contribution >= 4 is 5.97 Å². The molecule has 0 fully saturated rings. The number of methoxy groups -OCH3 is 2. The summed E-state index contributed by atoms with van der Waals surface area (Å²) in [5.41, 5.74) is 0. The van der Waals surface area contributed by atoms with E-state index in [1.165, 1.54) is 32.1 Å². The highest BCUT2D eigenvalue weighted by atomic mass is 16.7. The lowest BCUT2D eigenvalue weighted by atomic mass is 10.1. The van der Waals surface area contributed by atoms with Crippen LogP contribution in [-0.4, -0.2) is 31.6 Å². The normalized spacial score (nSPS) is 11.6. The highest BCUT2D eigenvalue weighted by molar-refractivity contribution is 5.68. The van der Waals surface area contributed by atoms with Gasteiger partial charge in [-0.2, -0.15) is 0 Å². The summed E-state index contributed by atoms with van der Waals surface area (Å²) in [6, 6.07) is 0. The molecular formula is C16H30O4. The van der Waals surface area contributed by atoms with Gasteiger partial charge in [0.15, 0.2) is 6.29 Å². The molecule has 0 heterocycles. The molecule has 0 aromatic carbocycles. The minimum Gasteiger partial charge on any atom is -0.481 e. The lowest BCUT2D eigenvalue weighted by Gasteiger charge is -2.12. The Labute approximate surface area is 123 Å². The van der Waals surface area contributed by atoms with E-state index in [0.29, 0.717) is 0 Å². The third-order valence-electron chi connectivity index (χ3n) is 3.30. The monoisotopic (exact) mass is 286 g/mol. The van der Waals surface area contributed by atoms with Gasteiger partial charge in [-0.05, 0) is 25.7 Å². The average molecular weight is 286 g/mol. The maximum atomic E-state index is 10.3. The molecule has 0 aromatic heterocycles. The van der Waals surface area contributed by atoms with Crippen molar-refractivity contribution < 1.29 is 19.4 Å². The summed E-state index contributed by atoms with van der Waals surface area (Å²) in [6.45, 7) is 0. The molecule has 0 aliphatic carbocycles. The fourth-order valence-corrected chi connectivity index (χ4v) is 2.09. The van der Waals surface area contributed by atoms with Gasteiger partial charge in [-0.1, -0.05) is 44.3 Å². The summed E-state index contributed by atoms with van der Waals surface area (Å²) >= 11 is 0. The van der Waals surface area contributed by atoms with E-state index < -0.39 is 5.97 Å². The number of allylic oxidation sites excluding steroid dienone is 1. The number of aliphatic carboxylic acids is 1. The summed E-state index contributed by atoms with van der Waals surface area (Å²) < 4.78 is 10.3. The Hall–Kier alpha value is -0.870. The van der Waals surface area contributed by atoms with E-state index in [1.54, 1.807) is 20.3 Å². The molecule has 118 valence electrons. The quantitative estimate of drug-likeness (QED) is 0.296. The van der Waals surface area contributed by atoms with E-state index in [4.69, 9.17) is 14.6 Å². The molecule has 0 saturated heterocycles. The average Bonchev–Trinajstić information content (AvgIpc) is 2.44. The molecule has 0 spiro atoms. The summed E-state index contributed by atoms with van der Waals surface area (Å²) in [7, 11) is 3.36. The molecule has 0 unspecified atom stereocenters. The molecule has 0 aliphatic heterocycles. The zero-order chi connectivity index (χ0) is 15.1. The number of carboxylic acid groups (broad SMARTS) is 1. The van der Waals surface area contributed by atoms with Crippen LogP contribution in [-0.2, 0) is 14.3 Å². The van der Waals surface area contributed by atoms with Crippen molar-refractivity contribution in [2.75, 3.05) is 14.2 Å². The zero-order valence-corrected chi connectivity index (χ0v) is 13.0. The first-order valence-corrected chi connectivity index (χ1v) is 7.63. The van der Waals surface area contributed by atoms with Crippen LogP contribution in [0.4, 0.5) is 0 Å². The number of carboxylic acids is 1. The molecule has 0 aliphatic rings. The third kappa shape index (κ3) is 13.6. The van der Waals surface area contributed by atoms with E-state index >= 15 is 0 Å². The van der Waals surface area contributed by atoms with Crippen molar-refractivity contribution in [3.05, 3.63) is 12.2 Å². The SMILES string of the molecule is COC(CCCCCCCCC/C=C/CC(=O)O)OC. The predicted molar refractivity (Wildman–Crippen MR) is 80.8 cm³/mol. The van der Waals surface area contributed by atoms with E-state index in [-0.39, 0.29) is 12.7 Å². The van der Waals surface area contributed by atoms with Gasteiger partial charge in [0.2, 0.25) is 0 Å². The van der Waals surface area contributed by atoms with Gasteiger partial charge in [0.1, 0.15) is 0 Å². The molecule has 1 N–H and O–H groups in total. The first-order chi connectivity index (χ1) is 9.70. The van der Waals surface area contributed by atoms with Crippen molar-refractivity contribution in [1.82, 2.24) is 0 Å². The number of rotatable bonds is 14. The van der Waals surface area contributed by atoms with E-state index in [9.17, 15) is 4.79 Å². The first kappa shape index (κ1) is 19.1. The molecule has 0 rings (SSSR count). The van der Waals surface area contributed by atoms with Crippen molar-refractivity contribution in [3.63, 3.8) is 0 Å². The Kier molecular flexibility index (Phi) is 13.9. The van der Waals surface area contributed by atoms with Gasteiger partial charge in [-0.25, -0.2) is 0 Å². The van der Waals surface area contributed by atoms with Crippen LogP contribution in [0.1, 0.15) is 64.2 Å². The molecule has 20 heavy (non-hydrogen) atoms. The lowest BCUT2D eigenvalue weighted by Crippen LogP contribution is -2.12. The molecule has 0 aromatic rings. The predicted octanol–water partition coefficient (Wildman–Crippen LogP) is 4.15. The van der Waals surface area contributed by atoms with Gasteiger partial charge in [-0.15, -0.1) is 0 Å². The molecule has 0 atom stereocenters. The summed E-state index contributed by atoms with van der Waals surface area (Å²) in [5.74, 6) is -0.759. The molecule has 0 saturated carbocycles. The Morgan fingerprint density at radius 2 is 1.50 bits per heavy atom. The van der Waals surface area contributed by atoms with Crippen molar-refractivity contribution in [2.45, 2.75) is 70.5 Å². The highest BCUT2D eigenvalue weighted by Gasteiger charge is 2.03. The first-order valence-electron chi connectivity index (χ1n) is 7.63. The maximum Gasteiger partial charge on any atom is 0.307 e. The maximum absolute atomic E-state index is 10.3. The van der Waals surface area contributed by atoms with Crippen molar-refractivity contribution in [1.29, 1.82) is 0 Å². The second kappa shape index (κ2) is 14.5. The Morgan fingerprint density at radius 3 is 2.05 bits per heavy atom. The zero-order valence-electron chi connectivity index (χ0n) is 13.0. The van der Waals surface area contributed by atoms with Crippen LogP contribution in [0.3, 0.4) is 0 Å². The van der Waals surface area contributed by atoms with E-state index in [0.717, 1.165) is 25.7 Å². The van der Waals surface area contributed by atoms with Crippen LogP contribution in [0, 0.1) is 0 Å². The number of hydrogen-bond acceptors (Lipinski definition) is 3. The van der Waals surface area contributed by atoms with Crippen LogP contribution < -0.4 is 0 Å². The standard InChI is InChI=1S/C16H30O4/c1-19-16(20-2)14-12-10-8-6-4-3-5-7-9-11-13-15(17)18/h9,11,16H,3-8,10,12-14H2,1-2H3,(H,17,18)/b11-9+. The second-order valence-corrected chi connectivity index (χ2v) is 5.02. The van der Waals surface area contributed by atoms with Gasteiger partial charge in [0.25, 0.3) is 0 Å². The van der Waals surface area contributed by atoms with Crippen molar-refractivity contribution in [2.24, 2.45) is 0 Å². The van der Waals surface area contributed by atoms with E-state index in [1.807, 2.05) is 6.08 Å². The van der Waals surface area contributed by atoms with Gasteiger partial charge in [0, 0.05) is 14.2 Å². The number of hydrogen-bond donors (Lipinski definition) is 1. The van der Waals surface area contributed by atoms with Gasteiger partial charge < -0.3 is 14.6 Å². The van der Waals surface area contributed by atoms with Crippen molar-refractivity contribution in [3.8, 4) is 0 Å². The minimum absolute atomic E-state index is 0.0485. The van der Waals surface area contributed by atoms with Gasteiger partial charge in [0.05, 0.1) is 6.42 Å². The van der Waals surface area contributed by atoms with Gasteiger partial charge >= 0.3 is 5.97 Å². The summed E-state index contributed by atoms with van der Waals surface area (Å²) in [6.07, 6.45) is 14.4. The molecule has 0 amide bonds. The van der Waals surface area contributed by atoms with Crippen LogP contribution in [0.2, 0.25) is 0 Å². The number of unbranched alkanes of at least 4 members (excludes halogenated alkanes) is 7. The van der Waals surface area contributed by atoms with Gasteiger partial charge in [-0.3, -0.25) is 4.79 Å². The minimum atomic E-state index is -0.759.